The van der Waals surface area contributed by atoms with Crippen molar-refractivity contribution in [1.82, 2.24) is 29.9 Å². The van der Waals surface area contributed by atoms with Crippen molar-refractivity contribution in [2.24, 2.45) is 22.1 Å². The lowest BCUT2D eigenvalue weighted by molar-refractivity contribution is -0.263. The number of Topliss-reactive ketones (excluding diaryl/α,β-unsaturated/α-hetero) is 2. The lowest BCUT2D eigenvalue weighted by atomic mass is 9.97. The maximum atomic E-state index is 14.3. The SMILES string of the molecule is CC(C)(O/N=C(\C(=O)C[C@H]1CON(C2(C(=O)O)C[C@@H](N3C(=O)c4cc(O)c(O)cc4C3=O)C(=O)O2)C1=O)c1csc(N)n1)C(=O)O.Cc1nc(/C(=N/OC(C)(C)C(=O)OC(C)(C)C)C(=O)C[C@H]2CON(C3(C(=O)OC(C)(C)C)C[C@@H](N4C(=O)c5cc6c(cc5C4=O)OC(c4ccccc4)(c4ccccc4)O6)C(=O)O3)C2=O)cs1. The van der Waals surface area contributed by atoms with E-state index < -0.39 is 202 Å². The smallest absolute Gasteiger partial charge is 0.375 e. The molecule has 7 aliphatic heterocycles. The van der Waals surface area contributed by atoms with Crippen LogP contribution in [0.1, 0.15) is 164 Å². The second kappa shape index (κ2) is 29.2. The number of hydroxylamine groups is 4. The first kappa shape index (κ1) is 79.9. The van der Waals surface area contributed by atoms with Gasteiger partial charge in [-0.1, -0.05) is 71.0 Å². The number of phenols is 2. The molecule has 4 aromatic carbocycles. The Bertz CT molecular complexity index is 4990. The van der Waals surface area contributed by atoms with E-state index in [4.69, 9.17) is 53.5 Å². The lowest BCUT2D eigenvalue weighted by Crippen LogP contribution is -2.57. The molecule has 2 unspecified atom stereocenters. The predicted octanol–water partition coefficient (Wildman–Crippen LogP) is 5.43. The van der Waals surface area contributed by atoms with Gasteiger partial charge in [0.15, 0.2) is 51.1 Å². The highest BCUT2D eigenvalue weighted by Crippen LogP contribution is 2.51. The Morgan fingerprint density at radius 1 is 0.558 bits per heavy atom. The van der Waals surface area contributed by atoms with E-state index in [0.717, 1.165) is 23.5 Å². The summed E-state index contributed by atoms with van der Waals surface area (Å²) in [6.45, 7) is 15.5. The van der Waals surface area contributed by atoms with Crippen molar-refractivity contribution < 1.29 is 135 Å². The quantitative estimate of drug-likeness (QED) is 0.0141. The number of fused-ring (bicyclic) bond motifs is 3. The number of carbonyl (C=O) groups is 14. The Morgan fingerprint density at radius 3 is 1.37 bits per heavy atom. The van der Waals surface area contributed by atoms with Crippen LogP contribution in [0.2, 0.25) is 0 Å². The van der Waals surface area contributed by atoms with Crippen LogP contribution in [0.3, 0.4) is 0 Å². The maximum absolute atomic E-state index is 14.3. The van der Waals surface area contributed by atoms with E-state index in [1.807, 2.05) is 60.7 Å². The number of phenolic OH excluding ortho intramolecular Hbond substituents is 2. The molecule has 0 radical (unpaired) electrons. The molecule has 0 saturated carbocycles. The molecule has 7 aliphatic rings. The number of oxime groups is 2. The Kier molecular flexibility index (Phi) is 20.7. The van der Waals surface area contributed by atoms with Gasteiger partial charge in [0.1, 0.15) is 34.7 Å². The lowest BCUT2D eigenvalue weighted by Gasteiger charge is -2.35. The molecular weight excluding hydrogens is 1530 g/mol. The number of nitrogens with two attached hydrogens (primary N) is 1. The summed E-state index contributed by atoms with van der Waals surface area (Å²) < 4.78 is 35.0. The molecule has 113 heavy (non-hydrogen) atoms. The summed E-state index contributed by atoms with van der Waals surface area (Å²) >= 11 is 2.15. The average molecular weight is 1600 g/mol. The number of hydrogen-bond acceptors (Lipinski definition) is 33. The van der Waals surface area contributed by atoms with E-state index >= 15 is 0 Å². The van der Waals surface area contributed by atoms with Crippen LogP contribution in [0.5, 0.6) is 23.0 Å². The molecule has 0 spiro atoms. The number of amides is 6. The topological polar surface area (TPSA) is 502 Å². The Morgan fingerprint density at radius 2 is 0.965 bits per heavy atom. The van der Waals surface area contributed by atoms with E-state index in [1.54, 1.807) is 53.8 Å². The van der Waals surface area contributed by atoms with Gasteiger partial charge >= 0.3 is 53.1 Å². The number of ketones is 2. The summed E-state index contributed by atoms with van der Waals surface area (Å²) in [5.74, 6) is -20.8. The number of nitrogen functional groups attached to an aromatic ring is 1. The summed E-state index contributed by atoms with van der Waals surface area (Å²) in [7, 11) is 0. The number of rotatable bonds is 22. The first-order chi connectivity index (χ1) is 52.9. The Balaban J connectivity index is 0.000000225. The number of nitrogens with zero attached hydrogens (tertiary/aromatic N) is 8. The molecule has 592 valence electrons. The van der Waals surface area contributed by atoms with Gasteiger partial charge in [0.2, 0.25) is 11.2 Å². The second-order valence-corrected chi connectivity index (χ2v) is 31.6. The number of esters is 4. The zero-order chi connectivity index (χ0) is 82.3. The zero-order valence-corrected chi connectivity index (χ0v) is 63.5. The van der Waals surface area contributed by atoms with Crippen LogP contribution in [-0.2, 0) is 92.0 Å². The minimum absolute atomic E-state index is 0.0344. The van der Waals surface area contributed by atoms with Crippen molar-refractivity contribution >= 4 is 122 Å². The summed E-state index contributed by atoms with van der Waals surface area (Å²) in [5, 5.41) is 50.9. The number of cyclic esters (lactones) is 2. The maximum Gasteiger partial charge on any atom is 0.375 e. The summed E-state index contributed by atoms with van der Waals surface area (Å²) in [4.78, 5) is 219. The minimum atomic E-state index is -2.87. The highest BCUT2D eigenvalue weighted by atomic mass is 32.1. The fourth-order valence-electron chi connectivity index (χ4n) is 12.6. The number of aryl methyl sites for hydroxylation is 1. The van der Waals surface area contributed by atoms with Gasteiger partial charge in [-0.3, -0.25) is 57.8 Å². The van der Waals surface area contributed by atoms with Crippen LogP contribution >= 0.6 is 22.7 Å². The van der Waals surface area contributed by atoms with Crippen LogP contribution in [0.15, 0.2) is 106 Å². The molecule has 37 nitrogen and oxygen atoms in total. The van der Waals surface area contributed by atoms with Crippen molar-refractivity contribution in [1.29, 1.82) is 0 Å². The summed E-state index contributed by atoms with van der Waals surface area (Å²) in [6, 6.07) is 19.0. The van der Waals surface area contributed by atoms with Gasteiger partial charge in [0.25, 0.3) is 35.4 Å². The number of ether oxygens (including phenoxy) is 6. The van der Waals surface area contributed by atoms with Gasteiger partial charge in [-0.15, -0.1) is 22.7 Å². The van der Waals surface area contributed by atoms with E-state index in [2.05, 4.69) is 20.3 Å². The monoisotopic (exact) mass is 1600 g/mol. The van der Waals surface area contributed by atoms with Crippen LogP contribution in [0.4, 0.5) is 5.13 Å². The number of hydrogen-bond donors (Lipinski definition) is 5. The number of imide groups is 2. The standard InChI is InChI=1S/C48H48N4O14S.C26H23N5O14S/c1-26-49-32(25-67-26)37(50-66-46(8,9)42(58)64-44(2,3)4)34(53)20-27-24-60-52(38(27)54)47(43(59)65-45(5,6)7)23-33(41(57)63-47)51-39(55)30-21-35-36(22-31(30)40(51)56)62-48(61-35,28-16-12-10-13-17-28)29-18-14-11-15-19-29;1-25(2,22(39)40)45-29-17(12-8-46-24(27)28-12)16(34)3-9-7-43-31(18(9)35)26(23(41)42)6-13(21(38)44-26)30-19(36)10-4-14(32)15(33)5-11(10)20(30)37/h10-19,21-22,25,27,33H,20,23-24H2,1-9H3;4-5,8-9,13,32-33H,3,6-7H2,1-2H3,(H2,27,28)(H,39,40)(H,41,42)/b50-37-;29-17-/t27-,33+,47?;9-,13+,26?/m00/s1. The van der Waals surface area contributed by atoms with Crippen LogP contribution in [0, 0.1) is 18.8 Å². The normalized spacial score (nSPS) is 22.1. The number of aromatic hydroxyl groups is 2. The van der Waals surface area contributed by atoms with Gasteiger partial charge in [-0.05, 0) is 100 Å². The third-order valence-electron chi connectivity index (χ3n) is 18.2. The number of thiazole rings is 2. The number of anilines is 1. The van der Waals surface area contributed by atoms with E-state index in [-0.39, 0.29) is 61.0 Å². The number of benzene rings is 4. The van der Waals surface area contributed by atoms with E-state index in [0.29, 0.717) is 31.0 Å². The zero-order valence-electron chi connectivity index (χ0n) is 61.8. The molecule has 4 fully saturated rings. The van der Waals surface area contributed by atoms with Gasteiger partial charge < -0.3 is 64.3 Å². The number of carboxylic acids is 2. The fourth-order valence-corrected chi connectivity index (χ4v) is 13.7. The molecule has 0 aliphatic carbocycles. The van der Waals surface area contributed by atoms with E-state index in [1.165, 1.54) is 56.5 Å². The van der Waals surface area contributed by atoms with Crippen molar-refractivity contribution in [2.75, 3.05) is 18.9 Å². The van der Waals surface area contributed by atoms with Crippen molar-refractivity contribution in [3.63, 3.8) is 0 Å². The predicted molar refractivity (Wildman–Crippen MR) is 382 cm³/mol. The van der Waals surface area contributed by atoms with Gasteiger partial charge in [0.05, 0.1) is 65.2 Å². The van der Waals surface area contributed by atoms with Gasteiger partial charge in [0, 0.05) is 34.7 Å². The number of carboxylic acid groups (broad SMARTS) is 2. The highest BCUT2D eigenvalue weighted by Gasteiger charge is 2.68. The molecule has 2 aromatic heterocycles. The van der Waals surface area contributed by atoms with Crippen molar-refractivity contribution in [3.05, 3.63) is 145 Å². The third-order valence-corrected chi connectivity index (χ3v) is 19.7. The van der Waals surface area contributed by atoms with Gasteiger partial charge in [-0.2, -0.15) is 10.1 Å². The molecule has 39 heteroatoms. The number of aliphatic carboxylic acids is 2. The molecule has 6 amide bonds. The summed E-state index contributed by atoms with van der Waals surface area (Å²) in [5.41, 5.74) is -5.86. The van der Waals surface area contributed by atoms with Gasteiger partial charge in [-0.25, -0.2) is 38.7 Å². The minimum Gasteiger partial charge on any atom is -0.504 e. The molecule has 6 N–H and O–H groups in total. The molecule has 4 saturated heterocycles. The average Bonchev–Trinajstić information content (AvgIpc) is 1.57. The number of aromatic nitrogens is 2. The first-order valence-electron chi connectivity index (χ1n) is 34.5. The Hall–Kier alpha value is -12.6. The molecule has 6 atom stereocenters. The Labute approximate surface area is 647 Å². The van der Waals surface area contributed by atoms with Crippen LogP contribution in [0.25, 0.3) is 0 Å². The van der Waals surface area contributed by atoms with E-state index in [9.17, 15) is 87.5 Å². The largest absolute Gasteiger partial charge is 0.504 e. The molecule has 13 rings (SSSR count). The molecular formula is C74H71N9O28S2. The first-order valence-corrected chi connectivity index (χ1v) is 36.2. The third kappa shape index (κ3) is 14.9. The van der Waals surface area contributed by atoms with Crippen LogP contribution < -0.4 is 15.2 Å². The molecule has 6 aromatic rings. The second-order valence-electron chi connectivity index (χ2n) is 29.6. The molecule has 0 bridgehead atoms. The van der Waals surface area contributed by atoms with Crippen molar-refractivity contribution in [3.8, 4) is 23.0 Å². The van der Waals surface area contributed by atoms with Crippen LogP contribution in [-0.4, -0.2) is 204 Å². The highest BCUT2D eigenvalue weighted by molar-refractivity contribution is 7.13. The summed E-state index contributed by atoms with van der Waals surface area (Å²) in [6.07, 6.45) is -3.00. The molecule has 9 heterocycles. The van der Waals surface area contributed by atoms with Crippen molar-refractivity contribution in [2.45, 2.75) is 154 Å². The fraction of sp³-hybridized carbons (Fsp3) is 0.378. The number of carbonyl (C=O) groups excluding carboxylic acids is 12.